The highest BCUT2D eigenvalue weighted by atomic mass is 16.3. The second-order valence-corrected chi connectivity index (χ2v) is 6.83. The normalized spacial score (nSPS) is 28.3. The van der Waals surface area contributed by atoms with Crippen LogP contribution in [0.2, 0.25) is 0 Å². The molecule has 2 aliphatic carbocycles. The molecule has 1 aromatic rings. The number of rotatable bonds is 3. The van der Waals surface area contributed by atoms with Gasteiger partial charge in [-0.3, -0.25) is 0 Å². The summed E-state index contributed by atoms with van der Waals surface area (Å²) in [5.74, 6) is 0.558. The number of fused-ring (bicyclic) bond motifs is 1. The summed E-state index contributed by atoms with van der Waals surface area (Å²) in [5, 5.41) is 10.8. The summed E-state index contributed by atoms with van der Waals surface area (Å²) in [6.45, 7) is 4.29. The van der Waals surface area contributed by atoms with Crippen LogP contribution in [0.4, 0.5) is 0 Å². The maximum Gasteiger partial charge on any atom is 0.0678 e. The molecule has 0 aliphatic heterocycles. The molecule has 3 rings (SSSR count). The summed E-state index contributed by atoms with van der Waals surface area (Å²) in [7, 11) is 0. The van der Waals surface area contributed by atoms with Crippen molar-refractivity contribution < 1.29 is 5.11 Å². The van der Waals surface area contributed by atoms with Crippen molar-refractivity contribution in [2.75, 3.05) is 0 Å². The van der Waals surface area contributed by atoms with Crippen LogP contribution in [-0.2, 0) is 6.42 Å². The van der Waals surface area contributed by atoms with Crippen molar-refractivity contribution in [3.05, 3.63) is 35.4 Å². The molecule has 0 saturated heterocycles. The Morgan fingerprint density at radius 2 is 2.06 bits per heavy atom. The molecule has 1 nitrogen and oxygen atoms in total. The van der Waals surface area contributed by atoms with Crippen LogP contribution in [0.5, 0.6) is 0 Å². The zero-order chi connectivity index (χ0) is 12.8. The molecule has 1 heteroatoms. The lowest BCUT2D eigenvalue weighted by atomic mass is 9.73. The van der Waals surface area contributed by atoms with E-state index >= 15 is 0 Å². The third-order valence-electron chi connectivity index (χ3n) is 5.44. The van der Waals surface area contributed by atoms with Gasteiger partial charge in [0, 0.05) is 0 Å². The van der Waals surface area contributed by atoms with Crippen molar-refractivity contribution in [1.29, 1.82) is 0 Å². The van der Waals surface area contributed by atoms with E-state index in [9.17, 15) is 5.11 Å². The number of hydrogen-bond acceptors (Lipinski definition) is 1. The molecular weight excluding hydrogens is 220 g/mol. The van der Waals surface area contributed by atoms with Crippen LogP contribution in [0, 0.1) is 5.41 Å². The third-order valence-corrected chi connectivity index (χ3v) is 5.44. The molecule has 0 amide bonds. The molecule has 1 aromatic carbocycles. The van der Waals surface area contributed by atoms with Crippen LogP contribution in [-0.4, -0.2) is 10.7 Å². The molecule has 1 saturated carbocycles. The van der Waals surface area contributed by atoms with E-state index in [2.05, 4.69) is 38.1 Å². The Morgan fingerprint density at radius 1 is 1.33 bits per heavy atom. The van der Waals surface area contributed by atoms with Gasteiger partial charge in [-0.15, -0.1) is 0 Å². The molecule has 2 aliphatic rings. The van der Waals surface area contributed by atoms with Crippen molar-refractivity contribution in [3.8, 4) is 0 Å². The summed E-state index contributed by atoms with van der Waals surface area (Å²) < 4.78 is 0. The van der Waals surface area contributed by atoms with Gasteiger partial charge in [0.15, 0.2) is 0 Å². The van der Waals surface area contributed by atoms with Crippen LogP contribution < -0.4 is 0 Å². The van der Waals surface area contributed by atoms with Crippen LogP contribution in [0.3, 0.4) is 0 Å². The van der Waals surface area contributed by atoms with Gasteiger partial charge in [-0.05, 0) is 67.9 Å². The maximum absolute atomic E-state index is 10.8. The Hall–Kier alpha value is -0.820. The minimum Gasteiger partial charge on any atom is -0.390 e. The molecular formula is C17H24O. The van der Waals surface area contributed by atoms with Crippen molar-refractivity contribution >= 4 is 0 Å². The first-order valence-corrected chi connectivity index (χ1v) is 7.32. The summed E-state index contributed by atoms with van der Waals surface area (Å²) >= 11 is 0. The average molecular weight is 244 g/mol. The summed E-state index contributed by atoms with van der Waals surface area (Å²) in [5.41, 5.74) is 2.68. The highest BCUT2D eigenvalue weighted by Gasteiger charge is 2.52. The van der Waals surface area contributed by atoms with Gasteiger partial charge in [0.25, 0.3) is 0 Å². The van der Waals surface area contributed by atoms with Gasteiger partial charge >= 0.3 is 0 Å². The Labute approximate surface area is 110 Å². The Morgan fingerprint density at radius 3 is 2.78 bits per heavy atom. The van der Waals surface area contributed by atoms with E-state index < -0.39 is 5.60 Å². The monoisotopic (exact) mass is 244 g/mol. The predicted molar refractivity (Wildman–Crippen MR) is 74.7 cm³/mol. The van der Waals surface area contributed by atoms with Gasteiger partial charge in [-0.2, -0.15) is 0 Å². The molecule has 0 bridgehead atoms. The Balaban J connectivity index is 1.82. The molecule has 2 atom stereocenters. The Kier molecular flexibility index (Phi) is 2.78. The van der Waals surface area contributed by atoms with Crippen LogP contribution >= 0.6 is 0 Å². The fraction of sp³-hybridized carbons (Fsp3) is 0.647. The van der Waals surface area contributed by atoms with E-state index in [4.69, 9.17) is 0 Å². The first-order chi connectivity index (χ1) is 8.52. The lowest BCUT2D eigenvalue weighted by Crippen LogP contribution is -2.36. The lowest BCUT2D eigenvalue weighted by Gasteiger charge is -2.36. The molecule has 98 valence electrons. The zero-order valence-corrected chi connectivity index (χ0v) is 11.6. The predicted octanol–water partition coefficient (Wildman–Crippen LogP) is 4.05. The van der Waals surface area contributed by atoms with E-state index in [1.807, 2.05) is 0 Å². The molecule has 1 fully saturated rings. The van der Waals surface area contributed by atoms with E-state index in [1.54, 1.807) is 0 Å². The number of benzene rings is 1. The second kappa shape index (κ2) is 4.09. The number of hydrogen-bond donors (Lipinski definition) is 1. The fourth-order valence-electron chi connectivity index (χ4n) is 3.52. The Bertz CT molecular complexity index is 443. The molecule has 2 unspecified atom stereocenters. The first-order valence-electron chi connectivity index (χ1n) is 7.32. The van der Waals surface area contributed by atoms with Crippen LogP contribution in [0.15, 0.2) is 24.3 Å². The first kappa shape index (κ1) is 12.2. The van der Waals surface area contributed by atoms with E-state index in [0.717, 1.165) is 6.42 Å². The minimum atomic E-state index is -0.498. The molecule has 0 spiro atoms. The van der Waals surface area contributed by atoms with Gasteiger partial charge < -0.3 is 5.11 Å². The van der Waals surface area contributed by atoms with Crippen molar-refractivity contribution in [3.63, 3.8) is 0 Å². The standard InChI is InChI=1S/C17H24O/c1-16(10-11-16)17(2,18)12-14-8-5-7-13-6-3-4-9-15(13)14/h3-4,6,9,14,18H,5,7-8,10-12H2,1-2H3. The highest BCUT2D eigenvalue weighted by Crippen LogP contribution is 2.56. The van der Waals surface area contributed by atoms with Gasteiger partial charge in [0.05, 0.1) is 5.60 Å². The molecule has 0 radical (unpaired) electrons. The smallest absolute Gasteiger partial charge is 0.0678 e. The SMILES string of the molecule is CC(O)(CC1CCCc2ccccc21)C1(C)CC1. The quantitative estimate of drug-likeness (QED) is 0.850. The largest absolute Gasteiger partial charge is 0.390 e. The number of aryl methyl sites for hydroxylation is 1. The minimum absolute atomic E-state index is 0.180. The third kappa shape index (κ3) is 1.99. The maximum atomic E-state index is 10.8. The number of aliphatic hydroxyl groups is 1. The van der Waals surface area contributed by atoms with Crippen LogP contribution in [0.25, 0.3) is 0 Å². The average Bonchev–Trinajstić information content (AvgIpc) is 3.09. The van der Waals surface area contributed by atoms with Crippen molar-refractivity contribution in [1.82, 2.24) is 0 Å². The van der Waals surface area contributed by atoms with E-state index in [-0.39, 0.29) is 5.41 Å². The van der Waals surface area contributed by atoms with Gasteiger partial charge in [0.2, 0.25) is 0 Å². The topological polar surface area (TPSA) is 20.2 Å². The second-order valence-electron chi connectivity index (χ2n) is 6.83. The van der Waals surface area contributed by atoms with E-state index in [1.165, 1.54) is 43.2 Å². The molecule has 1 N–H and O–H groups in total. The summed E-state index contributed by atoms with van der Waals surface area (Å²) in [6.07, 6.45) is 7.03. The van der Waals surface area contributed by atoms with Gasteiger partial charge in [-0.1, -0.05) is 31.2 Å². The van der Waals surface area contributed by atoms with Crippen molar-refractivity contribution in [2.45, 2.75) is 63.9 Å². The molecule has 18 heavy (non-hydrogen) atoms. The zero-order valence-electron chi connectivity index (χ0n) is 11.6. The van der Waals surface area contributed by atoms with Crippen molar-refractivity contribution in [2.24, 2.45) is 5.41 Å². The summed E-state index contributed by atoms with van der Waals surface area (Å²) in [4.78, 5) is 0. The molecule has 0 aromatic heterocycles. The van der Waals surface area contributed by atoms with Gasteiger partial charge in [-0.25, -0.2) is 0 Å². The molecule has 0 heterocycles. The van der Waals surface area contributed by atoms with Gasteiger partial charge in [0.1, 0.15) is 0 Å². The fourth-order valence-corrected chi connectivity index (χ4v) is 3.52. The summed E-state index contributed by atoms with van der Waals surface area (Å²) in [6, 6.07) is 8.81. The van der Waals surface area contributed by atoms with Crippen LogP contribution in [0.1, 0.15) is 63.0 Å². The van der Waals surface area contributed by atoms with E-state index in [0.29, 0.717) is 5.92 Å². The highest BCUT2D eigenvalue weighted by molar-refractivity contribution is 5.33. The lowest BCUT2D eigenvalue weighted by molar-refractivity contribution is -0.0224.